The number of carbonyl (C=O) groups is 1. The molecule has 0 radical (unpaired) electrons. The fourth-order valence-electron chi connectivity index (χ4n) is 2.82. The Morgan fingerprint density at radius 2 is 2.04 bits per heavy atom. The fourth-order valence-corrected chi connectivity index (χ4v) is 2.82. The second kappa shape index (κ2) is 6.36. The van der Waals surface area contributed by atoms with Crippen LogP contribution in [0.15, 0.2) is 63.9 Å². The molecule has 0 spiro atoms. The number of amides is 1. The summed E-state index contributed by atoms with van der Waals surface area (Å²) in [6.07, 6.45) is 1.41. The summed E-state index contributed by atoms with van der Waals surface area (Å²) in [5.41, 5.74) is 2.74. The van der Waals surface area contributed by atoms with Crippen LogP contribution in [0.3, 0.4) is 0 Å². The molecule has 2 heterocycles. The summed E-state index contributed by atoms with van der Waals surface area (Å²) in [6.45, 7) is 2.08. The normalized spacial score (nSPS) is 11.0. The molecule has 0 saturated heterocycles. The number of aromatic nitrogens is 3. The van der Waals surface area contributed by atoms with E-state index in [0.717, 1.165) is 11.1 Å². The first-order valence-electron chi connectivity index (χ1n) is 8.11. The molecular formula is C19H16N4O3. The van der Waals surface area contributed by atoms with Crippen LogP contribution in [0.5, 0.6) is 0 Å². The average Bonchev–Trinajstić information content (AvgIpc) is 3.17. The van der Waals surface area contributed by atoms with Gasteiger partial charge < -0.3 is 14.7 Å². The minimum absolute atomic E-state index is 0.257. The zero-order chi connectivity index (χ0) is 18.1. The summed E-state index contributed by atoms with van der Waals surface area (Å²) in [5, 5.41) is 2.79. The van der Waals surface area contributed by atoms with Crippen LogP contribution in [0.1, 0.15) is 21.9 Å². The molecule has 4 rings (SSSR count). The molecule has 0 atom stereocenters. The van der Waals surface area contributed by atoms with Gasteiger partial charge in [-0.25, -0.2) is 9.78 Å². The Labute approximate surface area is 148 Å². The molecule has 2 aromatic heterocycles. The number of benzene rings is 2. The van der Waals surface area contributed by atoms with Crippen molar-refractivity contribution < 1.29 is 9.21 Å². The molecule has 1 amide bonds. The minimum Gasteiger partial charge on any atom is -0.441 e. The number of nitrogens with one attached hydrogen (secondary N) is 2. The van der Waals surface area contributed by atoms with Crippen LogP contribution < -0.4 is 11.0 Å². The standard InChI is InChI=1S/C19H16N4O3/c1-12-21-15-8-7-14(9-17(15)26-12)22-18(24)16-10-20-19(25)23(16)11-13-5-3-2-4-6-13/h2-10H,11H2,1H3,(H,20,25)(H,22,24). The lowest BCUT2D eigenvalue weighted by Crippen LogP contribution is -2.24. The third-order valence-electron chi connectivity index (χ3n) is 4.04. The summed E-state index contributed by atoms with van der Waals surface area (Å²) in [4.78, 5) is 31.5. The summed E-state index contributed by atoms with van der Waals surface area (Å²) in [6, 6.07) is 14.7. The highest BCUT2D eigenvalue weighted by Crippen LogP contribution is 2.20. The maximum atomic E-state index is 12.6. The van der Waals surface area contributed by atoms with Gasteiger partial charge in [0.25, 0.3) is 5.91 Å². The lowest BCUT2D eigenvalue weighted by atomic mass is 10.2. The number of anilines is 1. The SMILES string of the molecule is Cc1nc2ccc(NC(=O)c3c[nH]c(=O)n3Cc3ccccc3)cc2o1. The lowest BCUT2D eigenvalue weighted by Gasteiger charge is -2.08. The molecule has 0 aliphatic carbocycles. The van der Waals surface area contributed by atoms with Gasteiger partial charge in [-0.15, -0.1) is 0 Å². The number of fused-ring (bicyclic) bond motifs is 1. The van der Waals surface area contributed by atoms with E-state index < -0.39 is 0 Å². The van der Waals surface area contributed by atoms with Crippen molar-refractivity contribution in [2.45, 2.75) is 13.5 Å². The minimum atomic E-state index is -0.380. The Hall–Kier alpha value is -3.61. The van der Waals surface area contributed by atoms with Gasteiger partial charge in [0.2, 0.25) is 0 Å². The molecular weight excluding hydrogens is 332 g/mol. The van der Waals surface area contributed by atoms with Crippen LogP contribution in [0, 0.1) is 6.92 Å². The molecule has 26 heavy (non-hydrogen) atoms. The van der Waals surface area contributed by atoms with Crippen LogP contribution in [0.25, 0.3) is 11.1 Å². The zero-order valence-corrected chi connectivity index (χ0v) is 14.0. The van der Waals surface area contributed by atoms with E-state index in [-0.39, 0.29) is 17.3 Å². The van der Waals surface area contributed by atoms with Crippen molar-refractivity contribution in [2.24, 2.45) is 0 Å². The van der Waals surface area contributed by atoms with E-state index in [9.17, 15) is 9.59 Å². The number of nitrogens with zero attached hydrogens (tertiary/aromatic N) is 2. The van der Waals surface area contributed by atoms with Crippen molar-refractivity contribution in [1.29, 1.82) is 0 Å². The monoisotopic (exact) mass is 348 g/mol. The number of aromatic amines is 1. The Bertz CT molecular complexity index is 1140. The molecule has 4 aromatic rings. The molecule has 0 unspecified atom stereocenters. The fraction of sp³-hybridized carbons (Fsp3) is 0.105. The van der Waals surface area contributed by atoms with Crippen molar-refractivity contribution in [2.75, 3.05) is 5.32 Å². The Kier molecular flexibility index (Phi) is 3.89. The van der Waals surface area contributed by atoms with Gasteiger partial charge in [-0.2, -0.15) is 0 Å². The number of rotatable bonds is 4. The maximum Gasteiger partial charge on any atom is 0.326 e. The van der Waals surface area contributed by atoms with Gasteiger partial charge in [0.05, 0.1) is 6.54 Å². The van der Waals surface area contributed by atoms with Gasteiger partial charge >= 0.3 is 5.69 Å². The first kappa shape index (κ1) is 15.9. The zero-order valence-electron chi connectivity index (χ0n) is 14.0. The summed E-state index contributed by atoms with van der Waals surface area (Å²) in [7, 11) is 0. The summed E-state index contributed by atoms with van der Waals surface area (Å²) >= 11 is 0. The Morgan fingerprint density at radius 1 is 1.23 bits per heavy atom. The number of hydrogen-bond donors (Lipinski definition) is 2. The van der Waals surface area contributed by atoms with Crippen molar-refractivity contribution in [3.05, 3.63) is 82.4 Å². The van der Waals surface area contributed by atoms with Crippen molar-refractivity contribution in [3.63, 3.8) is 0 Å². The maximum absolute atomic E-state index is 12.6. The van der Waals surface area contributed by atoms with Gasteiger partial charge in [-0.05, 0) is 17.7 Å². The van der Waals surface area contributed by atoms with E-state index >= 15 is 0 Å². The van der Waals surface area contributed by atoms with E-state index in [2.05, 4.69) is 15.3 Å². The second-order valence-corrected chi connectivity index (χ2v) is 5.92. The van der Waals surface area contributed by atoms with E-state index in [4.69, 9.17) is 4.42 Å². The van der Waals surface area contributed by atoms with Crippen LogP contribution in [-0.4, -0.2) is 20.4 Å². The van der Waals surface area contributed by atoms with E-state index in [0.29, 0.717) is 23.7 Å². The molecule has 0 bridgehead atoms. The number of hydrogen-bond acceptors (Lipinski definition) is 4. The van der Waals surface area contributed by atoms with E-state index in [1.807, 2.05) is 30.3 Å². The second-order valence-electron chi connectivity index (χ2n) is 5.92. The van der Waals surface area contributed by atoms with Crippen LogP contribution >= 0.6 is 0 Å². The van der Waals surface area contributed by atoms with Crippen molar-refractivity contribution >= 4 is 22.7 Å². The molecule has 0 aliphatic rings. The van der Waals surface area contributed by atoms with Crippen molar-refractivity contribution in [1.82, 2.24) is 14.5 Å². The van der Waals surface area contributed by atoms with Gasteiger partial charge in [-0.3, -0.25) is 9.36 Å². The largest absolute Gasteiger partial charge is 0.441 e. The third kappa shape index (κ3) is 3.02. The molecule has 0 aliphatic heterocycles. The molecule has 0 fully saturated rings. The first-order valence-corrected chi connectivity index (χ1v) is 8.11. The van der Waals surface area contributed by atoms with Crippen LogP contribution in [-0.2, 0) is 6.54 Å². The van der Waals surface area contributed by atoms with Gasteiger partial charge in [0.1, 0.15) is 11.2 Å². The van der Waals surface area contributed by atoms with Crippen LogP contribution in [0.4, 0.5) is 5.69 Å². The summed E-state index contributed by atoms with van der Waals surface area (Å²) in [5.74, 6) is 0.181. The lowest BCUT2D eigenvalue weighted by molar-refractivity contribution is 0.101. The predicted octanol–water partition coefficient (Wildman–Crippen LogP) is 2.93. The molecule has 2 aromatic carbocycles. The Balaban J connectivity index is 1.60. The molecule has 130 valence electrons. The highest BCUT2D eigenvalue weighted by atomic mass is 16.3. The Morgan fingerprint density at radius 3 is 2.85 bits per heavy atom. The highest BCUT2D eigenvalue weighted by molar-refractivity contribution is 6.03. The number of aryl methyl sites for hydroxylation is 1. The predicted molar refractivity (Wildman–Crippen MR) is 97.3 cm³/mol. The van der Waals surface area contributed by atoms with Gasteiger partial charge in [0.15, 0.2) is 11.5 Å². The topological polar surface area (TPSA) is 92.9 Å². The molecule has 7 heteroatoms. The molecule has 7 nitrogen and oxygen atoms in total. The third-order valence-corrected chi connectivity index (χ3v) is 4.04. The summed E-state index contributed by atoms with van der Waals surface area (Å²) < 4.78 is 6.88. The highest BCUT2D eigenvalue weighted by Gasteiger charge is 2.15. The number of H-pyrrole nitrogens is 1. The number of imidazole rings is 1. The smallest absolute Gasteiger partial charge is 0.326 e. The van der Waals surface area contributed by atoms with E-state index in [1.165, 1.54) is 10.8 Å². The number of oxazole rings is 1. The van der Waals surface area contributed by atoms with Gasteiger partial charge in [-0.1, -0.05) is 30.3 Å². The molecule has 2 N–H and O–H groups in total. The average molecular weight is 348 g/mol. The van der Waals surface area contributed by atoms with Gasteiger partial charge in [0, 0.05) is 24.9 Å². The van der Waals surface area contributed by atoms with E-state index in [1.54, 1.807) is 25.1 Å². The van der Waals surface area contributed by atoms with Crippen molar-refractivity contribution in [3.8, 4) is 0 Å². The first-order chi connectivity index (χ1) is 12.6. The van der Waals surface area contributed by atoms with Crippen LogP contribution in [0.2, 0.25) is 0 Å². The molecule has 0 saturated carbocycles. The number of carbonyl (C=O) groups excluding carboxylic acids is 1. The quantitative estimate of drug-likeness (QED) is 0.593.